The number of rotatable bonds is 3. The first kappa shape index (κ1) is 17.8. The molecule has 9 heteroatoms. The van der Waals surface area contributed by atoms with Gasteiger partial charge in [-0.3, -0.25) is 9.59 Å². The van der Waals surface area contributed by atoms with E-state index in [4.69, 9.17) is 0 Å². The van der Waals surface area contributed by atoms with Crippen LogP contribution in [0.2, 0.25) is 0 Å². The highest BCUT2D eigenvalue weighted by molar-refractivity contribution is 7.88. The lowest BCUT2D eigenvalue weighted by molar-refractivity contribution is -0.136. The van der Waals surface area contributed by atoms with Crippen LogP contribution in [0.25, 0.3) is 0 Å². The molecule has 2 fully saturated rings. The molecule has 2 aliphatic heterocycles. The molecule has 2 amide bonds. The summed E-state index contributed by atoms with van der Waals surface area (Å²) in [5, 5.41) is 0. The van der Waals surface area contributed by atoms with E-state index < -0.39 is 21.8 Å². The minimum atomic E-state index is -3.26. The summed E-state index contributed by atoms with van der Waals surface area (Å²) < 4.78 is 38.3. The van der Waals surface area contributed by atoms with E-state index in [9.17, 15) is 22.4 Å². The number of piperazine rings is 1. The Hall–Kier alpha value is -2.00. The number of nitrogens with zero attached hydrogens (tertiary/aromatic N) is 3. The van der Waals surface area contributed by atoms with E-state index in [1.165, 1.54) is 21.3 Å². The first-order valence-electron chi connectivity index (χ1n) is 8.06. The van der Waals surface area contributed by atoms with Crippen LogP contribution in [0.1, 0.15) is 6.42 Å². The second-order valence-corrected chi connectivity index (χ2v) is 8.33. The van der Waals surface area contributed by atoms with Crippen molar-refractivity contribution in [1.29, 1.82) is 0 Å². The van der Waals surface area contributed by atoms with Crippen LogP contribution in [0.4, 0.5) is 10.1 Å². The largest absolute Gasteiger partial charge is 0.340 e. The van der Waals surface area contributed by atoms with Gasteiger partial charge in [-0.25, -0.2) is 12.8 Å². The predicted octanol–water partition coefficient (Wildman–Crippen LogP) is 0.282. The third kappa shape index (κ3) is 3.67. The van der Waals surface area contributed by atoms with Gasteiger partial charge in [0.2, 0.25) is 21.8 Å². The number of hydrogen-bond acceptors (Lipinski definition) is 4. The molecule has 0 saturated carbocycles. The minimum Gasteiger partial charge on any atom is -0.340 e. The third-order valence-corrected chi connectivity index (χ3v) is 5.94. The molecule has 1 atom stereocenters. The zero-order valence-electron chi connectivity index (χ0n) is 13.9. The summed E-state index contributed by atoms with van der Waals surface area (Å²) in [7, 11) is -3.26. The Morgan fingerprint density at radius 3 is 2.40 bits per heavy atom. The van der Waals surface area contributed by atoms with Gasteiger partial charge in [-0.05, 0) is 12.1 Å². The summed E-state index contributed by atoms with van der Waals surface area (Å²) in [5.74, 6) is -1.49. The average molecular weight is 369 g/mol. The van der Waals surface area contributed by atoms with Crippen LogP contribution in [0.5, 0.6) is 0 Å². The average Bonchev–Trinajstić information content (AvgIpc) is 2.95. The Kier molecular flexibility index (Phi) is 4.79. The number of hydrogen-bond donors (Lipinski definition) is 0. The van der Waals surface area contributed by atoms with Crippen molar-refractivity contribution in [2.45, 2.75) is 6.42 Å². The van der Waals surface area contributed by atoms with E-state index in [-0.39, 0.29) is 43.6 Å². The standard InChI is InChI=1S/C16H20FN3O4S/c1-25(23,24)19-8-6-18(7-9-19)16(22)12-10-15(21)20(11-12)14-5-3-2-4-13(14)17/h2-5,12H,6-11H2,1H3. The Bertz CT molecular complexity index is 790. The van der Waals surface area contributed by atoms with Crippen molar-refractivity contribution in [3.8, 4) is 0 Å². The number of para-hydroxylation sites is 1. The fourth-order valence-corrected chi connectivity index (χ4v) is 4.10. The molecule has 1 aromatic carbocycles. The molecule has 3 rings (SSSR count). The smallest absolute Gasteiger partial charge is 0.228 e. The Labute approximate surface area is 146 Å². The molecular weight excluding hydrogens is 349 g/mol. The lowest BCUT2D eigenvalue weighted by Crippen LogP contribution is -2.51. The van der Waals surface area contributed by atoms with Crippen molar-refractivity contribution in [2.24, 2.45) is 5.92 Å². The first-order valence-corrected chi connectivity index (χ1v) is 9.91. The number of halogens is 1. The lowest BCUT2D eigenvalue weighted by Gasteiger charge is -2.34. The highest BCUT2D eigenvalue weighted by atomic mass is 32.2. The van der Waals surface area contributed by atoms with E-state index in [0.717, 1.165) is 6.26 Å². The molecule has 136 valence electrons. The van der Waals surface area contributed by atoms with Crippen molar-refractivity contribution in [2.75, 3.05) is 43.9 Å². The number of sulfonamides is 1. The van der Waals surface area contributed by atoms with E-state index in [1.54, 1.807) is 17.0 Å². The molecule has 0 aliphatic carbocycles. The van der Waals surface area contributed by atoms with Gasteiger partial charge in [0.05, 0.1) is 17.9 Å². The molecule has 2 saturated heterocycles. The first-order chi connectivity index (χ1) is 11.8. The molecule has 0 spiro atoms. The molecule has 0 N–H and O–H groups in total. The Morgan fingerprint density at radius 1 is 1.16 bits per heavy atom. The summed E-state index contributed by atoms with van der Waals surface area (Å²) in [6, 6.07) is 5.99. The summed E-state index contributed by atoms with van der Waals surface area (Å²) in [5.41, 5.74) is 0.185. The Morgan fingerprint density at radius 2 is 1.80 bits per heavy atom. The van der Waals surface area contributed by atoms with Crippen LogP contribution in [-0.4, -0.2) is 68.4 Å². The lowest BCUT2D eigenvalue weighted by atomic mass is 10.1. The fourth-order valence-electron chi connectivity index (χ4n) is 3.27. The molecule has 1 unspecified atom stereocenters. The van der Waals surface area contributed by atoms with Gasteiger partial charge in [0.25, 0.3) is 0 Å². The van der Waals surface area contributed by atoms with Crippen molar-refractivity contribution in [3.63, 3.8) is 0 Å². The van der Waals surface area contributed by atoms with Gasteiger partial charge in [-0.1, -0.05) is 12.1 Å². The molecule has 0 aromatic heterocycles. The van der Waals surface area contributed by atoms with Gasteiger partial charge in [-0.15, -0.1) is 0 Å². The fraction of sp³-hybridized carbons (Fsp3) is 0.500. The second-order valence-electron chi connectivity index (χ2n) is 6.34. The van der Waals surface area contributed by atoms with Gasteiger partial charge in [-0.2, -0.15) is 4.31 Å². The maximum atomic E-state index is 13.9. The zero-order valence-corrected chi connectivity index (χ0v) is 14.7. The van der Waals surface area contributed by atoms with Gasteiger partial charge in [0.1, 0.15) is 5.82 Å². The number of anilines is 1. The quantitative estimate of drug-likeness (QED) is 0.767. The van der Waals surface area contributed by atoms with Gasteiger partial charge >= 0.3 is 0 Å². The maximum Gasteiger partial charge on any atom is 0.228 e. The van der Waals surface area contributed by atoms with Gasteiger partial charge in [0, 0.05) is 39.1 Å². The van der Waals surface area contributed by atoms with Crippen LogP contribution < -0.4 is 4.90 Å². The highest BCUT2D eigenvalue weighted by Crippen LogP contribution is 2.28. The van der Waals surface area contributed by atoms with E-state index in [2.05, 4.69) is 0 Å². The molecule has 0 bridgehead atoms. The molecular formula is C16H20FN3O4S. The topological polar surface area (TPSA) is 78.0 Å². The zero-order chi connectivity index (χ0) is 18.2. The van der Waals surface area contributed by atoms with Crippen molar-refractivity contribution >= 4 is 27.5 Å². The van der Waals surface area contributed by atoms with Crippen molar-refractivity contribution < 1.29 is 22.4 Å². The second kappa shape index (κ2) is 6.72. The van der Waals surface area contributed by atoms with E-state index in [0.29, 0.717) is 13.1 Å². The third-order valence-electron chi connectivity index (χ3n) is 4.64. The summed E-state index contributed by atoms with van der Waals surface area (Å²) in [6.45, 7) is 1.25. The SMILES string of the molecule is CS(=O)(=O)N1CCN(C(=O)C2CC(=O)N(c3ccccc3F)C2)CC1. The van der Waals surface area contributed by atoms with E-state index in [1.807, 2.05) is 0 Å². The van der Waals surface area contributed by atoms with Crippen LogP contribution in [0.3, 0.4) is 0 Å². The molecule has 2 aliphatic rings. The molecule has 1 aromatic rings. The van der Waals surface area contributed by atoms with Crippen LogP contribution in [0.15, 0.2) is 24.3 Å². The summed E-state index contributed by atoms with van der Waals surface area (Å²) in [4.78, 5) is 27.8. The number of carbonyl (C=O) groups is 2. The monoisotopic (exact) mass is 369 g/mol. The van der Waals surface area contributed by atoms with Gasteiger partial charge in [0.15, 0.2) is 0 Å². The maximum absolute atomic E-state index is 13.9. The normalized spacial score (nSPS) is 22.5. The Balaban J connectivity index is 1.65. The predicted molar refractivity (Wildman–Crippen MR) is 89.9 cm³/mol. The molecule has 0 radical (unpaired) electrons. The number of amides is 2. The van der Waals surface area contributed by atoms with Crippen LogP contribution in [-0.2, 0) is 19.6 Å². The summed E-state index contributed by atoms with van der Waals surface area (Å²) in [6.07, 6.45) is 1.19. The van der Waals surface area contributed by atoms with Gasteiger partial charge < -0.3 is 9.80 Å². The van der Waals surface area contributed by atoms with Crippen LogP contribution >= 0.6 is 0 Å². The van der Waals surface area contributed by atoms with Crippen LogP contribution in [0, 0.1) is 11.7 Å². The summed E-state index contributed by atoms with van der Waals surface area (Å²) >= 11 is 0. The van der Waals surface area contributed by atoms with Crippen molar-refractivity contribution in [1.82, 2.24) is 9.21 Å². The molecule has 7 nitrogen and oxygen atoms in total. The number of carbonyl (C=O) groups excluding carboxylic acids is 2. The minimum absolute atomic E-state index is 0.0411. The highest BCUT2D eigenvalue weighted by Gasteiger charge is 2.39. The molecule has 25 heavy (non-hydrogen) atoms. The van der Waals surface area contributed by atoms with E-state index >= 15 is 0 Å². The molecule has 2 heterocycles. The number of benzene rings is 1. The van der Waals surface area contributed by atoms with Crippen molar-refractivity contribution in [3.05, 3.63) is 30.1 Å².